The third-order valence-corrected chi connectivity index (χ3v) is 10.6. The van der Waals surface area contributed by atoms with E-state index >= 15 is 0 Å². The van der Waals surface area contributed by atoms with Crippen LogP contribution >= 0.6 is 0 Å². The van der Waals surface area contributed by atoms with E-state index in [1.807, 2.05) is 0 Å². The molecule has 2 amide bonds. The molecule has 2 rings (SSSR count). The van der Waals surface area contributed by atoms with Gasteiger partial charge in [0.05, 0.1) is 6.42 Å². The zero-order valence-electron chi connectivity index (χ0n) is 13.3. The highest BCUT2D eigenvalue weighted by atomic mass is 28.3. The monoisotopic (exact) mass is 312 g/mol. The quantitative estimate of drug-likeness (QED) is 0.605. The van der Waals surface area contributed by atoms with Gasteiger partial charge in [0.25, 0.3) is 0 Å². The Morgan fingerprint density at radius 2 is 1.86 bits per heavy atom. The van der Waals surface area contributed by atoms with Crippen molar-refractivity contribution in [3.63, 3.8) is 0 Å². The molecule has 1 aliphatic heterocycles. The molecule has 1 aliphatic carbocycles. The van der Waals surface area contributed by atoms with Crippen LogP contribution in [0, 0.1) is 0 Å². The van der Waals surface area contributed by atoms with E-state index in [1.165, 1.54) is 0 Å². The maximum atomic E-state index is 12.4. The smallest absolute Gasteiger partial charge is 0.329 e. The first-order chi connectivity index (χ1) is 9.42. The van der Waals surface area contributed by atoms with Gasteiger partial charge in [-0.25, -0.2) is 4.79 Å². The molecule has 6 nitrogen and oxygen atoms in total. The summed E-state index contributed by atoms with van der Waals surface area (Å²) in [5, 5.41) is 11.7. The number of amides is 2. The third-order valence-electron chi connectivity index (χ3n) is 5.21. The van der Waals surface area contributed by atoms with Crippen LogP contribution in [-0.4, -0.2) is 47.3 Å². The van der Waals surface area contributed by atoms with Crippen molar-refractivity contribution in [1.29, 1.82) is 0 Å². The Kier molecular flexibility index (Phi) is 3.48. The minimum atomic E-state index is -2.12. The maximum absolute atomic E-state index is 12.4. The van der Waals surface area contributed by atoms with Gasteiger partial charge in [-0.1, -0.05) is 33.9 Å². The van der Waals surface area contributed by atoms with E-state index in [2.05, 4.69) is 39.2 Å². The molecule has 2 fully saturated rings. The largest absolute Gasteiger partial charge is 0.480 e. The number of carboxylic acid groups (broad SMARTS) is 1. The lowest BCUT2D eigenvalue weighted by Gasteiger charge is -2.54. The van der Waals surface area contributed by atoms with Crippen LogP contribution in [-0.2, 0) is 14.4 Å². The molecular weight excluding hydrogens is 288 g/mol. The average molecular weight is 312 g/mol. The van der Waals surface area contributed by atoms with Crippen molar-refractivity contribution in [2.24, 2.45) is 0 Å². The SMILES string of the molecule is CC(C)(C)[Si](C)(C)N1C(=O)C[C@H]1C(=O)NC1(C(=O)O)CC1. The topological polar surface area (TPSA) is 86.7 Å². The van der Waals surface area contributed by atoms with Gasteiger partial charge >= 0.3 is 5.97 Å². The van der Waals surface area contributed by atoms with Crippen molar-refractivity contribution < 1.29 is 19.5 Å². The summed E-state index contributed by atoms with van der Waals surface area (Å²) in [5.41, 5.74) is -1.09. The van der Waals surface area contributed by atoms with Crippen LogP contribution in [0.4, 0.5) is 0 Å². The number of β-lactam (4-membered cyclic amide) rings is 1. The van der Waals surface area contributed by atoms with Crippen molar-refractivity contribution >= 4 is 26.0 Å². The summed E-state index contributed by atoms with van der Waals surface area (Å²) in [6.07, 6.45) is 1.12. The minimum Gasteiger partial charge on any atom is -0.480 e. The summed E-state index contributed by atoms with van der Waals surface area (Å²) in [7, 11) is -2.12. The van der Waals surface area contributed by atoms with Crippen molar-refractivity contribution in [3.8, 4) is 0 Å². The summed E-state index contributed by atoms with van der Waals surface area (Å²) >= 11 is 0. The first kappa shape index (κ1) is 16.0. The van der Waals surface area contributed by atoms with Crippen LogP contribution < -0.4 is 5.32 Å². The molecule has 0 aromatic carbocycles. The second kappa shape index (κ2) is 4.56. The first-order valence-corrected chi connectivity index (χ1v) is 10.2. The number of nitrogens with one attached hydrogen (secondary N) is 1. The standard InChI is InChI=1S/C14H24N2O4Si/c1-13(2,3)21(4,5)16-9(8-10(16)17)11(18)15-14(6-7-14)12(19)20/h9H,6-8H2,1-5H3,(H,15,18)(H,19,20)/t9-/m0/s1. The average Bonchev–Trinajstić information content (AvgIpc) is 3.04. The molecule has 0 unspecified atom stereocenters. The number of carbonyl (C=O) groups excluding carboxylic acids is 2. The minimum absolute atomic E-state index is 0.00177. The lowest BCUT2D eigenvalue weighted by molar-refractivity contribution is -0.150. The van der Waals surface area contributed by atoms with E-state index in [-0.39, 0.29) is 23.3 Å². The van der Waals surface area contributed by atoms with Crippen LogP contribution in [0.5, 0.6) is 0 Å². The van der Waals surface area contributed by atoms with E-state index in [1.54, 1.807) is 4.57 Å². The van der Waals surface area contributed by atoms with Gasteiger partial charge in [0.2, 0.25) is 11.8 Å². The van der Waals surface area contributed by atoms with E-state index in [4.69, 9.17) is 5.11 Å². The second-order valence-corrected chi connectivity index (χ2v) is 12.8. The van der Waals surface area contributed by atoms with Crippen LogP contribution in [0.3, 0.4) is 0 Å². The molecule has 2 N–H and O–H groups in total. The van der Waals surface area contributed by atoms with Gasteiger partial charge in [-0.3, -0.25) is 9.59 Å². The van der Waals surface area contributed by atoms with Crippen LogP contribution in [0.1, 0.15) is 40.0 Å². The number of nitrogens with zero attached hydrogens (tertiary/aromatic N) is 1. The second-order valence-electron chi connectivity index (χ2n) is 7.67. The van der Waals surface area contributed by atoms with Crippen molar-refractivity contribution in [2.75, 3.05) is 0 Å². The van der Waals surface area contributed by atoms with Gasteiger partial charge < -0.3 is 15.0 Å². The molecule has 1 atom stereocenters. The Morgan fingerprint density at radius 1 is 1.33 bits per heavy atom. The van der Waals surface area contributed by atoms with Gasteiger partial charge in [-0.2, -0.15) is 0 Å². The lowest BCUT2D eigenvalue weighted by atomic mass is 10.0. The molecule has 0 aromatic heterocycles. The highest BCUT2D eigenvalue weighted by molar-refractivity contribution is 6.80. The van der Waals surface area contributed by atoms with Crippen molar-refractivity contribution in [1.82, 2.24) is 9.88 Å². The fourth-order valence-electron chi connectivity index (χ4n) is 2.53. The third kappa shape index (κ3) is 2.47. The number of hydrogen-bond donors (Lipinski definition) is 2. The predicted octanol–water partition coefficient (Wildman–Crippen LogP) is 1.33. The summed E-state index contributed by atoms with van der Waals surface area (Å²) in [4.78, 5) is 35.6. The zero-order valence-corrected chi connectivity index (χ0v) is 14.3. The summed E-state index contributed by atoms with van der Waals surface area (Å²) in [5.74, 6) is -1.30. The highest BCUT2D eigenvalue weighted by Gasteiger charge is 2.57. The highest BCUT2D eigenvalue weighted by Crippen LogP contribution is 2.43. The van der Waals surface area contributed by atoms with Crippen LogP contribution in [0.25, 0.3) is 0 Å². The normalized spacial score (nSPS) is 24.3. The van der Waals surface area contributed by atoms with Gasteiger partial charge in [-0.05, 0) is 17.9 Å². The van der Waals surface area contributed by atoms with E-state index in [0.29, 0.717) is 12.8 Å². The molecule has 2 aliphatic rings. The number of carboxylic acids is 1. The number of aliphatic carboxylic acids is 1. The van der Waals surface area contributed by atoms with Crippen molar-refractivity contribution in [3.05, 3.63) is 0 Å². The van der Waals surface area contributed by atoms with Gasteiger partial charge in [0, 0.05) is 0 Å². The Morgan fingerprint density at radius 3 is 2.19 bits per heavy atom. The molecule has 0 radical (unpaired) electrons. The molecule has 1 saturated carbocycles. The predicted molar refractivity (Wildman–Crippen MR) is 80.2 cm³/mol. The van der Waals surface area contributed by atoms with Crippen LogP contribution in [0.2, 0.25) is 18.1 Å². The molecule has 7 heteroatoms. The molecular formula is C14H24N2O4Si. The molecule has 0 bridgehead atoms. The number of carbonyl (C=O) groups is 3. The Labute approximate surface area is 126 Å². The fourth-order valence-corrected chi connectivity index (χ4v) is 4.95. The summed E-state index contributed by atoms with van der Waals surface area (Å²) in [6.45, 7) is 10.4. The Balaban J connectivity index is 2.13. The van der Waals surface area contributed by atoms with E-state index < -0.39 is 25.8 Å². The summed E-state index contributed by atoms with van der Waals surface area (Å²) < 4.78 is 1.74. The number of hydrogen-bond acceptors (Lipinski definition) is 3. The van der Waals surface area contributed by atoms with E-state index in [9.17, 15) is 14.4 Å². The maximum Gasteiger partial charge on any atom is 0.329 e. The molecule has 21 heavy (non-hydrogen) atoms. The molecule has 1 heterocycles. The van der Waals surface area contributed by atoms with Crippen molar-refractivity contribution in [2.45, 2.75) is 69.7 Å². The van der Waals surface area contributed by atoms with Gasteiger partial charge in [0.1, 0.15) is 11.6 Å². The first-order valence-electron chi connectivity index (χ1n) is 7.30. The summed E-state index contributed by atoms with van der Waals surface area (Å²) in [6, 6.07) is -0.504. The van der Waals surface area contributed by atoms with Gasteiger partial charge in [0.15, 0.2) is 8.24 Å². The molecule has 118 valence electrons. The van der Waals surface area contributed by atoms with E-state index in [0.717, 1.165) is 0 Å². The number of rotatable bonds is 4. The Bertz CT molecular complexity index is 506. The lowest BCUT2D eigenvalue weighted by Crippen LogP contribution is -2.72. The molecule has 0 aromatic rings. The fraction of sp³-hybridized carbons (Fsp3) is 0.786. The molecule has 0 spiro atoms. The molecule has 1 saturated heterocycles. The Hall–Kier alpha value is -1.37. The van der Waals surface area contributed by atoms with Crippen LogP contribution in [0.15, 0.2) is 0 Å². The van der Waals surface area contributed by atoms with Gasteiger partial charge in [-0.15, -0.1) is 0 Å². The zero-order chi connectivity index (χ0) is 16.2.